The summed E-state index contributed by atoms with van der Waals surface area (Å²) in [5.74, 6) is -0.233. The van der Waals surface area contributed by atoms with E-state index in [4.69, 9.17) is 10.5 Å². The number of anilines is 1. The molecule has 0 aromatic heterocycles. The van der Waals surface area contributed by atoms with Gasteiger partial charge in [-0.1, -0.05) is 12.1 Å². The van der Waals surface area contributed by atoms with Gasteiger partial charge in [-0.25, -0.2) is 4.39 Å². The van der Waals surface area contributed by atoms with Crippen LogP contribution < -0.4 is 15.8 Å². The minimum absolute atomic E-state index is 0.123. The van der Waals surface area contributed by atoms with Crippen molar-refractivity contribution in [2.75, 3.05) is 11.9 Å². The molecule has 2 aromatic carbocycles. The molecule has 24 heavy (non-hydrogen) atoms. The van der Waals surface area contributed by atoms with Crippen molar-refractivity contribution in [2.45, 2.75) is 19.3 Å². The second kappa shape index (κ2) is 8.67. The highest BCUT2D eigenvalue weighted by Crippen LogP contribution is 2.16. The SMILES string of the molecule is NC(=O)CCOc1ccc(NC(=O)CCc2ccc(F)cc2)cc1. The third-order valence-corrected chi connectivity index (χ3v) is 3.31. The molecule has 0 bridgehead atoms. The van der Waals surface area contributed by atoms with E-state index in [1.54, 1.807) is 36.4 Å². The number of hydrogen-bond donors (Lipinski definition) is 2. The Morgan fingerprint density at radius 1 is 1.00 bits per heavy atom. The smallest absolute Gasteiger partial charge is 0.224 e. The van der Waals surface area contributed by atoms with Gasteiger partial charge in [0.25, 0.3) is 0 Å². The Hall–Kier alpha value is -2.89. The Kier molecular flexibility index (Phi) is 6.31. The molecule has 0 aliphatic heterocycles. The third kappa shape index (κ3) is 6.08. The van der Waals surface area contributed by atoms with E-state index < -0.39 is 5.91 Å². The summed E-state index contributed by atoms with van der Waals surface area (Å²) in [5, 5.41) is 2.78. The Morgan fingerprint density at radius 2 is 1.67 bits per heavy atom. The number of halogens is 1. The van der Waals surface area contributed by atoms with Crippen LogP contribution in [0, 0.1) is 5.82 Å². The highest BCUT2D eigenvalue weighted by Gasteiger charge is 2.04. The Bertz CT molecular complexity index is 684. The first-order valence-corrected chi connectivity index (χ1v) is 7.58. The number of hydrogen-bond acceptors (Lipinski definition) is 3. The summed E-state index contributed by atoms with van der Waals surface area (Å²) in [5.41, 5.74) is 6.59. The second-order valence-electron chi connectivity index (χ2n) is 5.26. The minimum Gasteiger partial charge on any atom is -0.493 e. The van der Waals surface area contributed by atoms with E-state index in [1.165, 1.54) is 12.1 Å². The van der Waals surface area contributed by atoms with Crippen LogP contribution in [0.5, 0.6) is 5.75 Å². The summed E-state index contributed by atoms with van der Waals surface area (Å²) in [6.45, 7) is 0.221. The van der Waals surface area contributed by atoms with Crippen molar-refractivity contribution in [1.82, 2.24) is 0 Å². The predicted octanol–water partition coefficient (Wildman–Crippen LogP) is 2.65. The lowest BCUT2D eigenvalue weighted by Gasteiger charge is -2.08. The first-order valence-electron chi connectivity index (χ1n) is 7.58. The maximum absolute atomic E-state index is 12.8. The third-order valence-electron chi connectivity index (χ3n) is 3.31. The minimum atomic E-state index is -0.417. The van der Waals surface area contributed by atoms with Gasteiger partial charge in [0, 0.05) is 12.1 Å². The zero-order valence-electron chi connectivity index (χ0n) is 13.1. The van der Waals surface area contributed by atoms with Crippen molar-refractivity contribution in [3.63, 3.8) is 0 Å². The van der Waals surface area contributed by atoms with E-state index in [0.29, 0.717) is 24.3 Å². The lowest BCUT2D eigenvalue weighted by Crippen LogP contribution is -2.14. The average molecular weight is 330 g/mol. The largest absolute Gasteiger partial charge is 0.493 e. The highest BCUT2D eigenvalue weighted by atomic mass is 19.1. The van der Waals surface area contributed by atoms with Gasteiger partial charge in [-0.05, 0) is 48.4 Å². The average Bonchev–Trinajstić information content (AvgIpc) is 2.56. The number of primary amides is 1. The quantitative estimate of drug-likeness (QED) is 0.781. The Balaban J connectivity index is 1.77. The van der Waals surface area contributed by atoms with Gasteiger partial charge in [0.1, 0.15) is 11.6 Å². The molecular weight excluding hydrogens is 311 g/mol. The molecule has 0 fully saturated rings. The molecule has 6 heteroatoms. The number of aryl methyl sites for hydroxylation is 1. The van der Waals surface area contributed by atoms with E-state index in [2.05, 4.69) is 5.32 Å². The molecule has 0 atom stereocenters. The Labute approximate surface area is 139 Å². The van der Waals surface area contributed by atoms with Gasteiger partial charge in [0.2, 0.25) is 11.8 Å². The van der Waals surface area contributed by atoms with Gasteiger partial charge in [-0.2, -0.15) is 0 Å². The van der Waals surface area contributed by atoms with Crippen LogP contribution in [-0.4, -0.2) is 18.4 Å². The molecule has 0 unspecified atom stereocenters. The number of carbonyl (C=O) groups excluding carboxylic acids is 2. The van der Waals surface area contributed by atoms with Crippen molar-refractivity contribution in [1.29, 1.82) is 0 Å². The molecule has 0 radical (unpaired) electrons. The van der Waals surface area contributed by atoms with E-state index in [-0.39, 0.29) is 24.8 Å². The maximum atomic E-state index is 12.8. The summed E-state index contributed by atoms with van der Waals surface area (Å²) < 4.78 is 18.2. The van der Waals surface area contributed by atoms with Crippen molar-refractivity contribution in [2.24, 2.45) is 5.73 Å². The van der Waals surface area contributed by atoms with Crippen LogP contribution in [-0.2, 0) is 16.0 Å². The van der Waals surface area contributed by atoms with Gasteiger partial charge in [0.05, 0.1) is 13.0 Å². The van der Waals surface area contributed by atoms with Gasteiger partial charge >= 0.3 is 0 Å². The van der Waals surface area contributed by atoms with Crippen LogP contribution >= 0.6 is 0 Å². The lowest BCUT2D eigenvalue weighted by molar-refractivity contribution is -0.118. The van der Waals surface area contributed by atoms with Crippen molar-refractivity contribution in [3.8, 4) is 5.75 Å². The summed E-state index contributed by atoms with van der Waals surface area (Å²) in [6, 6.07) is 12.9. The second-order valence-corrected chi connectivity index (χ2v) is 5.26. The van der Waals surface area contributed by atoms with E-state index in [0.717, 1.165) is 5.56 Å². The molecule has 2 aromatic rings. The molecule has 126 valence electrons. The first kappa shape index (κ1) is 17.5. The normalized spacial score (nSPS) is 10.2. The highest BCUT2D eigenvalue weighted by molar-refractivity contribution is 5.90. The number of nitrogens with two attached hydrogens (primary N) is 1. The zero-order chi connectivity index (χ0) is 17.4. The van der Waals surface area contributed by atoms with Crippen molar-refractivity contribution < 1.29 is 18.7 Å². The number of carbonyl (C=O) groups is 2. The van der Waals surface area contributed by atoms with Crippen molar-refractivity contribution in [3.05, 3.63) is 59.9 Å². The summed E-state index contributed by atoms with van der Waals surface area (Å²) >= 11 is 0. The molecule has 0 aliphatic rings. The molecule has 0 spiro atoms. The summed E-state index contributed by atoms with van der Waals surface area (Å²) in [6.07, 6.45) is 1.00. The van der Waals surface area contributed by atoms with Crippen LogP contribution in [0.25, 0.3) is 0 Å². The zero-order valence-corrected chi connectivity index (χ0v) is 13.1. The fourth-order valence-electron chi connectivity index (χ4n) is 2.04. The molecule has 3 N–H and O–H groups in total. The Morgan fingerprint density at radius 3 is 2.29 bits per heavy atom. The standard InChI is InChI=1S/C18H19FN2O3/c19-14-4-1-13(2-5-14)3-10-18(23)21-15-6-8-16(9-7-15)24-12-11-17(20)22/h1-2,4-9H,3,10-12H2,(H2,20,22)(H,21,23). The monoisotopic (exact) mass is 330 g/mol. The molecule has 0 saturated heterocycles. The molecule has 0 heterocycles. The fraction of sp³-hybridized carbons (Fsp3) is 0.222. The summed E-state index contributed by atoms with van der Waals surface area (Å²) in [4.78, 5) is 22.5. The van der Waals surface area contributed by atoms with Crippen LogP contribution in [0.15, 0.2) is 48.5 Å². The number of rotatable bonds is 8. The number of ether oxygens (including phenoxy) is 1. The van der Waals surface area contributed by atoms with Crippen LogP contribution in [0.2, 0.25) is 0 Å². The molecule has 0 saturated carbocycles. The van der Waals surface area contributed by atoms with Crippen LogP contribution in [0.1, 0.15) is 18.4 Å². The number of amides is 2. The number of benzene rings is 2. The van der Waals surface area contributed by atoms with Gasteiger partial charge in [-0.15, -0.1) is 0 Å². The van der Waals surface area contributed by atoms with Gasteiger partial charge < -0.3 is 15.8 Å². The number of nitrogens with one attached hydrogen (secondary N) is 1. The van der Waals surface area contributed by atoms with Crippen molar-refractivity contribution >= 4 is 17.5 Å². The van der Waals surface area contributed by atoms with E-state index in [1.807, 2.05) is 0 Å². The summed E-state index contributed by atoms with van der Waals surface area (Å²) in [7, 11) is 0. The topological polar surface area (TPSA) is 81.4 Å². The van der Waals surface area contributed by atoms with Crippen LogP contribution in [0.3, 0.4) is 0 Å². The van der Waals surface area contributed by atoms with Crippen LogP contribution in [0.4, 0.5) is 10.1 Å². The lowest BCUT2D eigenvalue weighted by atomic mass is 10.1. The molecule has 2 rings (SSSR count). The van der Waals surface area contributed by atoms with Gasteiger partial charge in [0.15, 0.2) is 0 Å². The fourth-order valence-corrected chi connectivity index (χ4v) is 2.04. The van der Waals surface area contributed by atoms with E-state index in [9.17, 15) is 14.0 Å². The maximum Gasteiger partial charge on any atom is 0.224 e. The van der Waals surface area contributed by atoms with Gasteiger partial charge in [-0.3, -0.25) is 9.59 Å². The molecular formula is C18H19FN2O3. The van der Waals surface area contributed by atoms with E-state index >= 15 is 0 Å². The molecule has 2 amide bonds. The predicted molar refractivity (Wildman–Crippen MR) is 89.1 cm³/mol. The first-order chi connectivity index (χ1) is 11.5. The molecule has 0 aliphatic carbocycles. The molecule has 5 nitrogen and oxygen atoms in total.